The highest BCUT2D eigenvalue weighted by Gasteiger charge is 2.32. The number of carbonyl (C=O) groups is 1. The van der Waals surface area contributed by atoms with Crippen LogP contribution in [-0.4, -0.2) is 37.2 Å². The number of rotatable bonds is 6. The molecule has 0 heterocycles. The minimum atomic E-state index is -0.521. The van der Waals surface area contributed by atoms with Crippen LogP contribution in [0.4, 0.5) is 0 Å². The molecule has 3 nitrogen and oxygen atoms in total. The normalized spacial score (nSPS) is 15.1. The van der Waals surface area contributed by atoms with Crippen LogP contribution in [0.15, 0.2) is 0 Å². The number of ether oxygens (including phenoxy) is 1. The van der Waals surface area contributed by atoms with E-state index < -0.39 is 5.54 Å². The van der Waals surface area contributed by atoms with Crippen LogP contribution < -0.4 is 5.32 Å². The van der Waals surface area contributed by atoms with Crippen molar-refractivity contribution in [1.82, 2.24) is 5.32 Å². The summed E-state index contributed by atoms with van der Waals surface area (Å²) < 4.78 is 4.75. The van der Waals surface area contributed by atoms with Crippen molar-refractivity contribution < 1.29 is 9.53 Å². The zero-order valence-electron chi connectivity index (χ0n) is 8.85. The van der Waals surface area contributed by atoms with Gasteiger partial charge in [0.05, 0.1) is 7.11 Å². The summed E-state index contributed by atoms with van der Waals surface area (Å²) in [6.07, 6.45) is 2.83. The molecule has 0 amide bonds. The molecular weight excluding hydrogens is 186 g/mol. The molecule has 1 atom stereocenters. The maximum Gasteiger partial charge on any atom is 0.325 e. The summed E-state index contributed by atoms with van der Waals surface area (Å²) in [5.41, 5.74) is -0.521. The molecule has 0 rings (SSSR count). The van der Waals surface area contributed by atoms with Crippen molar-refractivity contribution in [2.24, 2.45) is 0 Å². The van der Waals surface area contributed by atoms with E-state index in [1.165, 1.54) is 7.11 Å². The van der Waals surface area contributed by atoms with Crippen LogP contribution in [0.2, 0.25) is 0 Å². The molecule has 0 aromatic carbocycles. The standard InChI is InChI=1S/C9H19NO2S/c1-5-10-9(2,6-7-13-4)8(11)12-3/h10H,5-7H2,1-4H3. The van der Waals surface area contributed by atoms with Gasteiger partial charge < -0.3 is 10.1 Å². The smallest absolute Gasteiger partial charge is 0.325 e. The van der Waals surface area contributed by atoms with Gasteiger partial charge in [-0.15, -0.1) is 0 Å². The topological polar surface area (TPSA) is 38.3 Å². The summed E-state index contributed by atoms with van der Waals surface area (Å²) >= 11 is 1.73. The molecule has 0 bridgehead atoms. The van der Waals surface area contributed by atoms with Crippen molar-refractivity contribution >= 4 is 17.7 Å². The van der Waals surface area contributed by atoms with E-state index in [0.29, 0.717) is 0 Å². The van der Waals surface area contributed by atoms with Gasteiger partial charge >= 0.3 is 5.97 Å². The average molecular weight is 205 g/mol. The highest BCUT2D eigenvalue weighted by atomic mass is 32.2. The third-order valence-electron chi connectivity index (χ3n) is 2.01. The zero-order chi connectivity index (χ0) is 10.3. The van der Waals surface area contributed by atoms with E-state index in [0.717, 1.165) is 18.7 Å². The summed E-state index contributed by atoms with van der Waals surface area (Å²) in [5, 5.41) is 3.16. The van der Waals surface area contributed by atoms with Crippen molar-refractivity contribution in [3.63, 3.8) is 0 Å². The molecule has 78 valence electrons. The highest BCUT2D eigenvalue weighted by molar-refractivity contribution is 7.98. The lowest BCUT2D eigenvalue weighted by Crippen LogP contribution is -2.50. The molecule has 0 aliphatic carbocycles. The van der Waals surface area contributed by atoms with Gasteiger partial charge in [-0.2, -0.15) is 11.8 Å². The first-order chi connectivity index (χ1) is 6.10. The first kappa shape index (κ1) is 12.8. The molecule has 0 aliphatic rings. The van der Waals surface area contributed by atoms with E-state index in [1.54, 1.807) is 11.8 Å². The van der Waals surface area contributed by atoms with E-state index in [2.05, 4.69) is 5.32 Å². The Morgan fingerprint density at radius 2 is 2.23 bits per heavy atom. The Bertz CT molecular complexity index is 164. The predicted molar refractivity (Wildman–Crippen MR) is 57.1 cm³/mol. The quantitative estimate of drug-likeness (QED) is 0.663. The molecule has 0 fully saturated rings. The minimum Gasteiger partial charge on any atom is -0.468 e. The van der Waals surface area contributed by atoms with Crippen LogP contribution in [-0.2, 0) is 9.53 Å². The largest absolute Gasteiger partial charge is 0.468 e. The number of hydrogen-bond acceptors (Lipinski definition) is 4. The number of carbonyl (C=O) groups excluding carboxylic acids is 1. The Morgan fingerprint density at radius 3 is 2.62 bits per heavy atom. The van der Waals surface area contributed by atoms with E-state index in [-0.39, 0.29) is 5.97 Å². The molecule has 0 aromatic heterocycles. The fourth-order valence-electron chi connectivity index (χ4n) is 1.18. The Labute approximate surface area is 84.6 Å². The number of thioether (sulfide) groups is 1. The van der Waals surface area contributed by atoms with Gasteiger partial charge in [0.2, 0.25) is 0 Å². The molecular formula is C9H19NO2S. The first-order valence-electron chi connectivity index (χ1n) is 4.43. The lowest BCUT2D eigenvalue weighted by Gasteiger charge is -2.27. The maximum atomic E-state index is 11.4. The monoisotopic (exact) mass is 205 g/mol. The number of likely N-dealkylation sites (N-methyl/N-ethyl adjacent to an activating group) is 1. The van der Waals surface area contributed by atoms with Gasteiger partial charge in [-0.05, 0) is 31.9 Å². The number of hydrogen-bond donors (Lipinski definition) is 1. The molecule has 0 spiro atoms. The molecule has 4 heteroatoms. The minimum absolute atomic E-state index is 0.177. The summed E-state index contributed by atoms with van der Waals surface area (Å²) in [5.74, 6) is 0.780. The van der Waals surface area contributed by atoms with Crippen molar-refractivity contribution in [2.75, 3.05) is 25.7 Å². The summed E-state index contributed by atoms with van der Waals surface area (Å²) in [7, 11) is 1.43. The van der Waals surface area contributed by atoms with Gasteiger partial charge in [-0.1, -0.05) is 6.92 Å². The third-order valence-corrected chi connectivity index (χ3v) is 2.62. The second-order valence-electron chi connectivity index (χ2n) is 3.10. The molecule has 0 radical (unpaired) electrons. The summed E-state index contributed by atoms with van der Waals surface area (Å²) in [4.78, 5) is 11.4. The van der Waals surface area contributed by atoms with Crippen LogP contribution >= 0.6 is 11.8 Å². The fraction of sp³-hybridized carbons (Fsp3) is 0.889. The molecule has 0 saturated carbocycles. The number of esters is 1. The van der Waals surface area contributed by atoms with Crippen LogP contribution in [0, 0.1) is 0 Å². The van der Waals surface area contributed by atoms with Gasteiger partial charge in [0, 0.05) is 0 Å². The van der Waals surface area contributed by atoms with Crippen molar-refractivity contribution in [3.05, 3.63) is 0 Å². The lowest BCUT2D eigenvalue weighted by atomic mass is 9.99. The summed E-state index contributed by atoms with van der Waals surface area (Å²) in [6, 6.07) is 0. The van der Waals surface area contributed by atoms with E-state index in [1.807, 2.05) is 20.1 Å². The predicted octanol–water partition coefficient (Wildman–Crippen LogP) is 1.28. The Hall–Kier alpha value is -0.220. The second-order valence-corrected chi connectivity index (χ2v) is 4.08. The lowest BCUT2D eigenvalue weighted by molar-refractivity contribution is -0.147. The van der Waals surface area contributed by atoms with E-state index in [9.17, 15) is 4.79 Å². The highest BCUT2D eigenvalue weighted by Crippen LogP contribution is 2.14. The van der Waals surface area contributed by atoms with E-state index >= 15 is 0 Å². The van der Waals surface area contributed by atoms with Gasteiger partial charge in [0.25, 0.3) is 0 Å². The number of nitrogens with one attached hydrogen (secondary N) is 1. The van der Waals surface area contributed by atoms with Gasteiger partial charge in [-0.3, -0.25) is 4.79 Å². The second kappa shape index (κ2) is 6.27. The van der Waals surface area contributed by atoms with Crippen molar-refractivity contribution in [3.8, 4) is 0 Å². The first-order valence-corrected chi connectivity index (χ1v) is 5.82. The Kier molecular flexibility index (Phi) is 6.16. The Balaban J connectivity index is 4.23. The fourth-order valence-corrected chi connectivity index (χ4v) is 1.80. The molecule has 13 heavy (non-hydrogen) atoms. The summed E-state index contributed by atoms with van der Waals surface area (Å²) in [6.45, 7) is 4.65. The maximum absolute atomic E-state index is 11.4. The van der Waals surface area contributed by atoms with Gasteiger partial charge in [0.15, 0.2) is 0 Å². The van der Waals surface area contributed by atoms with E-state index in [4.69, 9.17) is 4.74 Å². The zero-order valence-corrected chi connectivity index (χ0v) is 9.66. The van der Waals surface area contributed by atoms with Crippen molar-refractivity contribution in [2.45, 2.75) is 25.8 Å². The Morgan fingerprint density at radius 1 is 1.62 bits per heavy atom. The van der Waals surface area contributed by atoms with Crippen LogP contribution in [0.25, 0.3) is 0 Å². The van der Waals surface area contributed by atoms with Crippen LogP contribution in [0.5, 0.6) is 0 Å². The third kappa shape index (κ3) is 4.00. The SMILES string of the molecule is CCNC(C)(CCSC)C(=O)OC. The molecule has 0 saturated heterocycles. The molecule has 0 aliphatic heterocycles. The van der Waals surface area contributed by atoms with Crippen molar-refractivity contribution in [1.29, 1.82) is 0 Å². The van der Waals surface area contributed by atoms with Gasteiger partial charge in [0.1, 0.15) is 5.54 Å². The van der Waals surface area contributed by atoms with Crippen LogP contribution in [0.3, 0.4) is 0 Å². The van der Waals surface area contributed by atoms with Crippen LogP contribution in [0.1, 0.15) is 20.3 Å². The average Bonchev–Trinajstić information content (AvgIpc) is 2.14. The molecule has 1 unspecified atom stereocenters. The van der Waals surface area contributed by atoms with Gasteiger partial charge in [-0.25, -0.2) is 0 Å². The molecule has 1 N–H and O–H groups in total. The number of methoxy groups -OCH3 is 1. The molecule has 0 aromatic rings.